The Kier molecular flexibility index (Phi) is 10.9. The largest absolute Gasteiger partial charge is 0.354 e. The Hall–Kier alpha value is -2.17. The van der Waals surface area contributed by atoms with E-state index >= 15 is 0 Å². The number of nitrogens with zero attached hydrogens (tertiary/aromatic N) is 5. The average molecular weight is 568 g/mol. The van der Waals surface area contributed by atoms with E-state index in [1.165, 1.54) is 0 Å². The molecule has 1 aromatic heterocycles. The van der Waals surface area contributed by atoms with Gasteiger partial charge in [0, 0.05) is 24.3 Å². The van der Waals surface area contributed by atoms with Crippen LogP contribution in [0.2, 0.25) is 5.02 Å². The van der Waals surface area contributed by atoms with Crippen molar-refractivity contribution in [3.8, 4) is 5.69 Å². The van der Waals surface area contributed by atoms with E-state index in [4.69, 9.17) is 11.6 Å². The van der Waals surface area contributed by atoms with Crippen molar-refractivity contribution in [2.24, 2.45) is 4.99 Å². The highest BCUT2D eigenvalue weighted by molar-refractivity contribution is 14.0. The normalized spacial score (nSPS) is 12.3. The fourth-order valence-electron chi connectivity index (χ4n) is 3.61. The van der Waals surface area contributed by atoms with Gasteiger partial charge >= 0.3 is 0 Å². The molecule has 172 valence electrons. The van der Waals surface area contributed by atoms with Gasteiger partial charge in [-0.1, -0.05) is 61.8 Å². The first-order valence-corrected chi connectivity index (χ1v) is 10.9. The number of likely N-dealkylation sites (N-methyl/N-ethyl adjacent to an activating group) is 1. The summed E-state index contributed by atoms with van der Waals surface area (Å²) in [6, 6.07) is 18.2. The first kappa shape index (κ1) is 26.1. The predicted octanol–water partition coefficient (Wildman–Crippen LogP) is 4.29. The minimum absolute atomic E-state index is 0. The van der Waals surface area contributed by atoms with Gasteiger partial charge in [0.15, 0.2) is 11.8 Å². The molecule has 0 saturated carbocycles. The van der Waals surface area contributed by atoms with Crippen LogP contribution in [0.15, 0.2) is 65.9 Å². The van der Waals surface area contributed by atoms with Crippen LogP contribution in [0, 0.1) is 0 Å². The Morgan fingerprint density at radius 3 is 2.41 bits per heavy atom. The van der Waals surface area contributed by atoms with Gasteiger partial charge < -0.3 is 10.6 Å². The van der Waals surface area contributed by atoms with Gasteiger partial charge in [-0.2, -0.15) is 0 Å². The lowest BCUT2D eigenvalue weighted by Gasteiger charge is -2.31. The van der Waals surface area contributed by atoms with Gasteiger partial charge in [0.2, 0.25) is 0 Å². The van der Waals surface area contributed by atoms with Crippen LogP contribution < -0.4 is 10.6 Å². The van der Waals surface area contributed by atoms with E-state index in [1.807, 2.05) is 53.1 Å². The van der Waals surface area contributed by atoms with E-state index < -0.39 is 0 Å². The molecular formula is C23H31ClIN7. The summed E-state index contributed by atoms with van der Waals surface area (Å²) in [6.45, 7) is 7.36. The van der Waals surface area contributed by atoms with E-state index in [-0.39, 0.29) is 30.0 Å². The monoisotopic (exact) mass is 567 g/mol. The number of guanidine groups is 1. The number of rotatable bonds is 9. The van der Waals surface area contributed by atoms with Crippen molar-refractivity contribution >= 4 is 41.5 Å². The summed E-state index contributed by atoms with van der Waals surface area (Å²) in [6.07, 6.45) is 1.72. The fourth-order valence-corrected chi connectivity index (χ4v) is 3.87. The number of benzene rings is 2. The molecule has 0 aliphatic rings. The van der Waals surface area contributed by atoms with Crippen LogP contribution in [0.4, 0.5) is 0 Å². The van der Waals surface area contributed by atoms with Crippen LogP contribution in [-0.4, -0.2) is 52.3 Å². The molecule has 0 aliphatic heterocycles. The molecule has 1 atom stereocenters. The van der Waals surface area contributed by atoms with Gasteiger partial charge in [0.1, 0.15) is 6.33 Å². The second-order valence-electron chi connectivity index (χ2n) is 7.02. The Morgan fingerprint density at radius 1 is 1.06 bits per heavy atom. The molecule has 1 heterocycles. The number of aromatic nitrogens is 3. The Labute approximate surface area is 212 Å². The smallest absolute Gasteiger partial charge is 0.191 e. The van der Waals surface area contributed by atoms with Gasteiger partial charge in [-0.15, -0.1) is 34.2 Å². The molecule has 0 aliphatic carbocycles. The molecule has 32 heavy (non-hydrogen) atoms. The van der Waals surface area contributed by atoms with E-state index in [0.717, 1.165) is 35.2 Å². The topological polar surface area (TPSA) is 70.4 Å². The van der Waals surface area contributed by atoms with Crippen LogP contribution in [0.5, 0.6) is 0 Å². The molecule has 2 N–H and O–H groups in total. The lowest BCUT2D eigenvalue weighted by atomic mass is 10.0. The summed E-state index contributed by atoms with van der Waals surface area (Å²) < 4.78 is 1.96. The first-order valence-electron chi connectivity index (χ1n) is 10.5. The summed E-state index contributed by atoms with van der Waals surface area (Å²) in [5, 5.41) is 15.9. The van der Waals surface area contributed by atoms with Crippen molar-refractivity contribution in [2.75, 3.05) is 26.7 Å². The third kappa shape index (κ3) is 6.66. The lowest BCUT2D eigenvalue weighted by molar-refractivity contribution is 0.219. The number of hydrogen-bond acceptors (Lipinski definition) is 4. The number of halogens is 2. The van der Waals surface area contributed by atoms with Gasteiger partial charge in [-0.05, 0) is 36.9 Å². The highest BCUT2D eigenvalue weighted by Gasteiger charge is 2.20. The summed E-state index contributed by atoms with van der Waals surface area (Å²) >= 11 is 6.51. The molecular weight excluding hydrogens is 537 g/mol. The molecule has 0 spiro atoms. The minimum atomic E-state index is 0. The lowest BCUT2D eigenvalue weighted by Crippen LogP contribution is -2.43. The highest BCUT2D eigenvalue weighted by Crippen LogP contribution is 2.26. The van der Waals surface area contributed by atoms with Crippen LogP contribution in [-0.2, 0) is 6.54 Å². The summed E-state index contributed by atoms with van der Waals surface area (Å²) in [7, 11) is 1.76. The van der Waals surface area contributed by atoms with Crippen molar-refractivity contribution in [2.45, 2.75) is 26.4 Å². The zero-order chi connectivity index (χ0) is 22.1. The number of aliphatic imine (C=N–C) groups is 1. The molecule has 0 amide bonds. The highest BCUT2D eigenvalue weighted by atomic mass is 127. The van der Waals surface area contributed by atoms with E-state index in [1.54, 1.807) is 13.4 Å². The molecule has 9 heteroatoms. The zero-order valence-corrected chi connectivity index (χ0v) is 21.8. The zero-order valence-electron chi connectivity index (χ0n) is 18.7. The van der Waals surface area contributed by atoms with Crippen molar-refractivity contribution in [3.63, 3.8) is 0 Å². The van der Waals surface area contributed by atoms with Gasteiger partial charge in [-0.3, -0.25) is 14.5 Å². The molecule has 3 rings (SSSR count). The maximum absolute atomic E-state index is 6.51. The standard InChI is InChI=1S/C23H30ClN7.HI/c1-4-30(5-2)21(19-13-9-10-14-20(19)24)15-26-23(25-3)27-16-22-29-28-17-31(22)18-11-7-6-8-12-18;/h6-14,17,21H,4-5,15-16H2,1-3H3,(H2,25,26,27);1H. The van der Waals surface area contributed by atoms with E-state index in [2.05, 4.69) is 50.6 Å². The number of nitrogens with one attached hydrogen (secondary N) is 2. The van der Waals surface area contributed by atoms with Crippen molar-refractivity contribution in [3.05, 3.63) is 77.3 Å². The molecule has 0 radical (unpaired) electrons. The second kappa shape index (κ2) is 13.4. The van der Waals surface area contributed by atoms with Gasteiger partial charge in [-0.25, -0.2) is 0 Å². The van der Waals surface area contributed by atoms with Crippen molar-refractivity contribution in [1.82, 2.24) is 30.3 Å². The van der Waals surface area contributed by atoms with Gasteiger partial charge in [0.05, 0.1) is 12.6 Å². The SMILES string of the molecule is CCN(CC)C(CNC(=NC)NCc1nncn1-c1ccccc1)c1ccccc1Cl.I. The maximum atomic E-state index is 6.51. The molecule has 1 unspecified atom stereocenters. The summed E-state index contributed by atoms with van der Waals surface area (Å²) in [5.41, 5.74) is 2.13. The van der Waals surface area contributed by atoms with Crippen LogP contribution in [0.1, 0.15) is 31.3 Å². The average Bonchev–Trinajstić information content (AvgIpc) is 3.28. The van der Waals surface area contributed by atoms with Crippen LogP contribution in [0.25, 0.3) is 5.69 Å². The molecule has 3 aromatic rings. The van der Waals surface area contributed by atoms with Crippen LogP contribution in [0.3, 0.4) is 0 Å². The third-order valence-electron chi connectivity index (χ3n) is 5.27. The third-order valence-corrected chi connectivity index (χ3v) is 5.61. The molecule has 2 aromatic carbocycles. The first-order chi connectivity index (χ1) is 15.2. The number of hydrogen-bond donors (Lipinski definition) is 2. The fraction of sp³-hybridized carbons (Fsp3) is 0.348. The van der Waals surface area contributed by atoms with Crippen molar-refractivity contribution < 1.29 is 0 Å². The van der Waals surface area contributed by atoms with E-state index in [0.29, 0.717) is 19.0 Å². The summed E-state index contributed by atoms with van der Waals surface area (Å²) in [5.74, 6) is 1.51. The molecule has 7 nitrogen and oxygen atoms in total. The van der Waals surface area contributed by atoms with Crippen LogP contribution >= 0.6 is 35.6 Å². The molecule has 0 saturated heterocycles. The summed E-state index contributed by atoms with van der Waals surface area (Å²) in [4.78, 5) is 6.76. The predicted molar refractivity (Wildman–Crippen MR) is 142 cm³/mol. The van der Waals surface area contributed by atoms with Crippen molar-refractivity contribution in [1.29, 1.82) is 0 Å². The quantitative estimate of drug-likeness (QED) is 0.229. The minimum Gasteiger partial charge on any atom is -0.354 e. The van der Waals surface area contributed by atoms with Gasteiger partial charge in [0.25, 0.3) is 0 Å². The maximum Gasteiger partial charge on any atom is 0.191 e. The Balaban J connectivity index is 0.00000363. The van der Waals surface area contributed by atoms with E-state index in [9.17, 15) is 0 Å². The second-order valence-corrected chi connectivity index (χ2v) is 7.43. The number of para-hydroxylation sites is 1. The molecule has 0 bridgehead atoms. The Bertz CT molecular complexity index is 973. The molecule has 0 fully saturated rings. The Morgan fingerprint density at radius 2 is 1.75 bits per heavy atom.